The van der Waals surface area contributed by atoms with Gasteiger partial charge in [0.15, 0.2) is 11.5 Å². The summed E-state index contributed by atoms with van der Waals surface area (Å²) in [5.41, 5.74) is 3.75. The second kappa shape index (κ2) is 13.7. The van der Waals surface area contributed by atoms with Crippen LogP contribution in [-0.2, 0) is 24.1 Å². The van der Waals surface area contributed by atoms with Crippen LogP contribution in [0.3, 0.4) is 0 Å². The van der Waals surface area contributed by atoms with E-state index in [2.05, 4.69) is 15.8 Å². The summed E-state index contributed by atoms with van der Waals surface area (Å²) >= 11 is 0. The number of aromatic nitrogens is 1. The van der Waals surface area contributed by atoms with Crippen LogP contribution in [0.2, 0.25) is 0 Å². The van der Waals surface area contributed by atoms with Crippen LogP contribution in [-0.4, -0.2) is 47.6 Å². The van der Waals surface area contributed by atoms with Gasteiger partial charge >= 0.3 is 0 Å². The summed E-state index contributed by atoms with van der Waals surface area (Å²) in [6, 6.07) is 16.7. The molecule has 0 unspecified atom stereocenters. The number of phenols is 2. The van der Waals surface area contributed by atoms with Gasteiger partial charge in [-0.25, -0.2) is 4.39 Å². The molecule has 4 rings (SSSR count). The number of benzene rings is 3. The minimum absolute atomic E-state index is 0.0791. The van der Waals surface area contributed by atoms with Gasteiger partial charge in [-0.2, -0.15) is 0 Å². The van der Waals surface area contributed by atoms with E-state index in [-0.39, 0.29) is 40.9 Å². The van der Waals surface area contributed by atoms with Crippen LogP contribution in [0, 0.1) is 12.7 Å². The van der Waals surface area contributed by atoms with Gasteiger partial charge in [0, 0.05) is 25.7 Å². The Balaban J connectivity index is 1.66. The predicted octanol–water partition coefficient (Wildman–Crippen LogP) is 4.91. The van der Waals surface area contributed by atoms with Crippen molar-refractivity contribution in [3.05, 3.63) is 95.8 Å². The monoisotopic (exact) mass is 545 g/mol. The molecule has 3 aromatic carbocycles. The standard InChI is InChI=1S/C31H32FN3O5/c1-3-34-31(38)29-28(22-11-9-21(10-12-22)19-33-14-15-39-4-2)30(40-35-29)25-17-23(26(36)18-27(25)37)13-8-20-6-5-7-24(32)16-20/h2,5-7,9-12,16-18,33,36-37H,3-4,8,13-15,19H2,1H3,(H,34,38). The molecule has 4 aromatic rings. The smallest absolute Gasteiger partial charge is 0.274 e. The molecule has 0 atom stereocenters. The van der Waals surface area contributed by atoms with Gasteiger partial charge < -0.3 is 30.1 Å². The zero-order valence-corrected chi connectivity index (χ0v) is 22.2. The Morgan fingerprint density at radius 1 is 1.05 bits per heavy atom. The molecule has 8 nitrogen and oxygen atoms in total. The summed E-state index contributed by atoms with van der Waals surface area (Å²) in [5, 5.41) is 31.4. The van der Waals surface area contributed by atoms with Gasteiger partial charge in [0.25, 0.3) is 5.91 Å². The summed E-state index contributed by atoms with van der Waals surface area (Å²) < 4.78 is 24.4. The summed E-state index contributed by atoms with van der Waals surface area (Å²) in [6.45, 7) is 9.48. The van der Waals surface area contributed by atoms with Gasteiger partial charge in [0.2, 0.25) is 0 Å². The highest BCUT2D eigenvalue weighted by atomic mass is 19.1. The molecule has 9 heteroatoms. The van der Waals surface area contributed by atoms with Gasteiger partial charge in [0.05, 0.1) is 24.3 Å². The molecule has 0 saturated heterocycles. The molecule has 0 bridgehead atoms. The summed E-state index contributed by atoms with van der Waals surface area (Å²) in [7, 11) is 0. The van der Waals surface area contributed by atoms with Crippen molar-refractivity contribution in [3.8, 4) is 33.9 Å². The van der Waals surface area contributed by atoms with Crippen molar-refractivity contribution in [1.82, 2.24) is 15.8 Å². The first-order valence-corrected chi connectivity index (χ1v) is 13.1. The van der Waals surface area contributed by atoms with Crippen LogP contribution in [0.15, 0.2) is 65.2 Å². The molecule has 0 saturated carbocycles. The molecular formula is C31H32FN3O5. The van der Waals surface area contributed by atoms with Crippen LogP contribution >= 0.6 is 0 Å². The second-order valence-corrected chi connectivity index (χ2v) is 9.17. The number of rotatable bonds is 13. The van der Waals surface area contributed by atoms with Crippen molar-refractivity contribution < 1.29 is 28.7 Å². The molecule has 1 amide bonds. The molecule has 40 heavy (non-hydrogen) atoms. The average molecular weight is 546 g/mol. The highest BCUT2D eigenvalue weighted by Gasteiger charge is 2.26. The van der Waals surface area contributed by atoms with Crippen LogP contribution in [0.1, 0.15) is 34.1 Å². The highest BCUT2D eigenvalue weighted by molar-refractivity contribution is 6.02. The van der Waals surface area contributed by atoms with Gasteiger partial charge in [-0.3, -0.25) is 4.79 Å². The van der Waals surface area contributed by atoms with Crippen LogP contribution < -0.4 is 10.6 Å². The molecule has 2 radical (unpaired) electrons. The fraction of sp³-hybridized carbons (Fsp3) is 0.258. The maximum absolute atomic E-state index is 13.6. The minimum atomic E-state index is -0.414. The molecule has 0 aliphatic rings. The largest absolute Gasteiger partial charge is 0.508 e. The summed E-state index contributed by atoms with van der Waals surface area (Å²) in [4.78, 5) is 12.9. The van der Waals surface area contributed by atoms with Gasteiger partial charge in [-0.1, -0.05) is 41.6 Å². The van der Waals surface area contributed by atoms with Crippen molar-refractivity contribution in [2.45, 2.75) is 26.3 Å². The van der Waals surface area contributed by atoms with Crippen LogP contribution in [0.4, 0.5) is 4.39 Å². The van der Waals surface area contributed by atoms with E-state index in [0.29, 0.717) is 55.8 Å². The van der Waals surface area contributed by atoms with Crippen molar-refractivity contribution in [1.29, 1.82) is 0 Å². The lowest BCUT2D eigenvalue weighted by molar-refractivity contribution is 0.0947. The van der Waals surface area contributed by atoms with E-state index >= 15 is 0 Å². The van der Waals surface area contributed by atoms with E-state index in [1.165, 1.54) is 18.2 Å². The van der Waals surface area contributed by atoms with E-state index < -0.39 is 5.91 Å². The molecule has 4 N–H and O–H groups in total. The first-order chi connectivity index (χ1) is 19.4. The lowest BCUT2D eigenvalue weighted by Gasteiger charge is -2.11. The lowest BCUT2D eigenvalue weighted by Crippen LogP contribution is -2.23. The van der Waals surface area contributed by atoms with Gasteiger partial charge in [-0.05, 0) is 67.1 Å². The molecule has 0 aliphatic carbocycles. The fourth-order valence-electron chi connectivity index (χ4n) is 4.37. The molecule has 1 aromatic heterocycles. The molecular weight excluding hydrogens is 513 g/mol. The lowest BCUT2D eigenvalue weighted by atomic mass is 9.95. The quantitative estimate of drug-likeness (QED) is 0.176. The Labute approximate surface area is 232 Å². The number of halogens is 1. The van der Waals surface area contributed by atoms with Gasteiger partial charge in [-0.15, -0.1) is 0 Å². The molecule has 0 aliphatic heterocycles. The van der Waals surface area contributed by atoms with E-state index in [0.717, 1.165) is 11.1 Å². The van der Waals surface area contributed by atoms with Crippen molar-refractivity contribution in [3.63, 3.8) is 0 Å². The molecule has 1 heterocycles. The number of nitrogens with zero attached hydrogens (tertiary/aromatic N) is 1. The Bertz CT molecular complexity index is 1440. The van der Waals surface area contributed by atoms with E-state index in [4.69, 9.17) is 16.2 Å². The second-order valence-electron chi connectivity index (χ2n) is 9.17. The van der Waals surface area contributed by atoms with E-state index in [1.807, 2.05) is 30.3 Å². The maximum Gasteiger partial charge on any atom is 0.274 e. The van der Waals surface area contributed by atoms with Crippen LogP contribution in [0.5, 0.6) is 11.5 Å². The first kappa shape index (κ1) is 28.8. The zero-order valence-electron chi connectivity index (χ0n) is 22.2. The number of aromatic hydroxyl groups is 2. The number of aryl methyl sites for hydroxylation is 2. The Hall–Kier alpha value is -4.21. The third kappa shape index (κ3) is 7.05. The third-order valence-corrected chi connectivity index (χ3v) is 6.37. The van der Waals surface area contributed by atoms with Crippen molar-refractivity contribution >= 4 is 5.91 Å². The third-order valence-electron chi connectivity index (χ3n) is 6.37. The molecule has 0 spiro atoms. The highest BCUT2D eigenvalue weighted by Crippen LogP contribution is 2.42. The first-order valence-electron chi connectivity index (χ1n) is 13.1. The average Bonchev–Trinajstić information content (AvgIpc) is 3.38. The number of carbonyl (C=O) groups excluding carboxylic acids is 1. The zero-order chi connectivity index (χ0) is 28.5. The van der Waals surface area contributed by atoms with Gasteiger partial charge in [0.1, 0.15) is 17.3 Å². The van der Waals surface area contributed by atoms with E-state index in [1.54, 1.807) is 19.1 Å². The molecule has 0 fully saturated rings. The van der Waals surface area contributed by atoms with Crippen molar-refractivity contribution in [2.75, 3.05) is 26.3 Å². The normalized spacial score (nSPS) is 11.1. The maximum atomic E-state index is 13.6. The predicted molar refractivity (Wildman–Crippen MR) is 149 cm³/mol. The summed E-state index contributed by atoms with van der Waals surface area (Å²) in [5.74, 6) is -0.887. The number of carbonyl (C=O) groups is 1. The van der Waals surface area contributed by atoms with E-state index in [9.17, 15) is 19.4 Å². The Morgan fingerprint density at radius 2 is 1.85 bits per heavy atom. The molecule has 208 valence electrons. The Morgan fingerprint density at radius 3 is 2.58 bits per heavy atom. The number of amides is 1. The number of hydrogen-bond acceptors (Lipinski definition) is 7. The fourth-order valence-corrected chi connectivity index (χ4v) is 4.37. The van der Waals surface area contributed by atoms with Crippen molar-refractivity contribution in [2.24, 2.45) is 0 Å². The number of nitrogens with one attached hydrogen (secondary N) is 2. The minimum Gasteiger partial charge on any atom is -0.508 e. The number of ether oxygens (including phenoxy) is 1. The van der Waals surface area contributed by atoms with Crippen LogP contribution in [0.25, 0.3) is 22.5 Å². The Kier molecular flexibility index (Phi) is 9.88. The topological polar surface area (TPSA) is 117 Å². The number of hydrogen-bond donors (Lipinski definition) is 4. The SMILES string of the molecule is [CH]COCCNCc1ccc(-c2c(C(=O)NCC)noc2-c2cc(CCc3cccc(F)c3)c(O)cc2O)cc1. The summed E-state index contributed by atoms with van der Waals surface area (Å²) in [6.07, 6.45) is 0.851. The number of phenolic OH excluding ortho intramolecular Hbond substituents is 2.